The summed E-state index contributed by atoms with van der Waals surface area (Å²) in [5.74, 6) is 6.47. The first kappa shape index (κ1) is 22.6. The SMILES string of the molecule is C#Cc1cc(CCCCCC)c(C#C[Si](C)(C)C)cc1CCCCCC. The van der Waals surface area contributed by atoms with Crippen molar-refractivity contribution in [2.45, 2.75) is 97.7 Å². The summed E-state index contributed by atoms with van der Waals surface area (Å²) in [6.45, 7) is 11.4. The third kappa shape index (κ3) is 8.78. The van der Waals surface area contributed by atoms with Gasteiger partial charge in [-0.3, -0.25) is 0 Å². The minimum atomic E-state index is -1.38. The van der Waals surface area contributed by atoms with Crippen LogP contribution in [0.15, 0.2) is 12.1 Å². The van der Waals surface area contributed by atoms with E-state index in [1.165, 1.54) is 68.1 Å². The Labute approximate surface area is 164 Å². The van der Waals surface area contributed by atoms with Crippen LogP contribution in [0.5, 0.6) is 0 Å². The molecule has 0 saturated carbocycles. The maximum absolute atomic E-state index is 5.84. The average molecular weight is 367 g/mol. The van der Waals surface area contributed by atoms with Crippen LogP contribution in [0.1, 0.15) is 87.5 Å². The Bertz CT molecular complexity index is 644. The standard InChI is InChI=1S/C25H38Si/c1-7-10-12-14-16-23-21-25(18-19-26(4,5)6)24(20-22(23)9-3)17-15-13-11-8-2/h3,20-21H,7-8,10-17H2,1-2,4-6H3. The van der Waals surface area contributed by atoms with Crippen LogP contribution in [0, 0.1) is 23.8 Å². The molecule has 0 aliphatic rings. The lowest BCUT2D eigenvalue weighted by atomic mass is 9.92. The van der Waals surface area contributed by atoms with Crippen LogP contribution in [0.25, 0.3) is 0 Å². The van der Waals surface area contributed by atoms with Gasteiger partial charge in [0, 0.05) is 11.1 Å². The lowest BCUT2D eigenvalue weighted by Crippen LogP contribution is -2.16. The van der Waals surface area contributed by atoms with Crippen LogP contribution < -0.4 is 0 Å². The van der Waals surface area contributed by atoms with Crippen LogP contribution in [-0.4, -0.2) is 8.07 Å². The van der Waals surface area contributed by atoms with Gasteiger partial charge in [0.1, 0.15) is 8.07 Å². The first-order valence-electron chi connectivity index (χ1n) is 10.6. The van der Waals surface area contributed by atoms with Gasteiger partial charge in [0.25, 0.3) is 0 Å². The van der Waals surface area contributed by atoms with Crippen molar-refractivity contribution in [2.24, 2.45) is 0 Å². The number of unbranched alkanes of at least 4 members (excludes halogenated alkanes) is 6. The Kier molecular flexibility index (Phi) is 10.5. The zero-order valence-corrected chi connectivity index (χ0v) is 18.8. The Morgan fingerprint density at radius 1 is 0.769 bits per heavy atom. The summed E-state index contributed by atoms with van der Waals surface area (Å²) in [5.41, 5.74) is 8.56. The Morgan fingerprint density at radius 2 is 1.27 bits per heavy atom. The largest absolute Gasteiger partial charge is 0.129 e. The fourth-order valence-corrected chi connectivity index (χ4v) is 3.60. The first-order valence-corrected chi connectivity index (χ1v) is 14.1. The fourth-order valence-electron chi connectivity index (χ4n) is 3.09. The molecule has 142 valence electrons. The third-order valence-corrected chi connectivity index (χ3v) is 5.53. The number of rotatable bonds is 10. The molecule has 0 unspecified atom stereocenters. The summed E-state index contributed by atoms with van der Waals surface area (Å²) in [6.07, 6.45) is 18.2. The number of benzene rings is 1. The molecule has 0 spiro atoms. The van der Waals surface area contributed by atoms with E-state index in [0.717, 1.165) is 18.4 Å². The summed E-state index contributed by atoms with van der Waals surface area (Å²) >= 11 is 0. The van der Waals surface area contributed by atoms with E-state index < -0.39 is 8.07 Å². The van der Waals surface area contributed by atoms with E-state index in [2.05, 4.69) is 63.0 Å². The van der Waals surface area contributed by atoms with Crippen molar-refractivity contribution in [3.8, 4) is 23.8 Å². The zero-order valence-electron chi connectivity index (χ0n) is 17.8. The molecule has 0 N–H and O–H groups in total. The number of hydrogen-bond donors (Lipinski definition) is 0. The second-order valence-electron chi connectivity index (χ2n) is 8.43. The van der Waals surface area contributed by atoms with Gasteiger partial charge in [-0.2, -0.15) is 0 Å². The second kappa shape index (κ2) is 12.0. The summed E-state index contributed by atoms with van der Waals surface area (Å²) in [7, 11) is -1.38. The van der Waals surface area contributed by atoms with Gasteiger partial charge in [-0.15, -0.1) is 12.0 Å². The molecule has 26 heavy (non-hydrogen) atoms. The third-order valence-electron chi connectivity index (χ3n) is 4.66. The van der Waals surface area contributed by atoms with Gasteiger partial charge in [0.05, 0.1) is 0 Å². The molecule has 0 atom stereocenters. The molecule has 0 heterocycles. The maximum atomic E-state index is 5.84. The van der Waals surface area contributed by atoms with Gasteiger partial charge in [-0.1, -0.05) is 83.9 Å². The predicted octanol–water partition coefficient (Wildman–Crippen LogP) is 7.14. The highest BCUT2D eigenvalue weighted by atomic mass is 28.3. The Balaban J connectivity index is 3.08. The number of aryl methyl sites for hydroxylation is 2. The zero-order chi connectivity index (χ0) is 19.4. The molecule has 0 saturated heterocycles. The van der Waals surface area contributed by atoms with Crippen molar-refractivity contribution in [3.05, 3.63) is 34.4 Å². The minimum absolute atomic E-state index is 1.08. The van der Waals surface area contributed by atoms with Crippen molar-refractivity contribution < 1.29 is 0 Å². The minimum Gasteiger partial charge on any atom is -0.127 e. The van der Waals surface area contributed by atoms with Crippen LogP contribution >= 0.6 is 0 Å². The Hall–Kier alpha value is -1.44. The number of hydrogen-bond acceptors (Lipinski definition) is 0. The first-order chi connectivity index (χ1) is 12.4. The van der Waals surface area contributed by atoms with Gasteiger partial charge in [-0.05, 0) is 48.9 Å². The molecular weight excluding hydrogens is 328 g/mol. The van der Waals surface area contributed by atoms with Gasteiger partial charge in [0.2, 0.25) is 0 Å². The molecule has 0 aliphatic heterocycles. The molecule has 1 rings (SSSR count). The van der Waals surface area contributed by atoms with E-state index in [0.29, 0.717) is 0 Å². The van der Waals surface area contributed by atoms with Crippen molar-refractivity contribution in [1.29, 1.82) is 0 Å². The Morgan fingerprint density at radius 3 is 1.73 bits per heavy atom. The highest BCUT2D eigenvalue weighted by Crippen LogP contribution is 2.21. The molecule has 1 aromatic carbocycles. The van der Waals surface area contributed by atoms with Crippen molar-refractivity contribution in [3.63, 3.8) is 0 Å². The highest BCUT2D eigenvalue weighted by molar-refractivity contribution is 6.83. The van der Waals surface area contributed by atoms with E-state index >= 15 is 0 Å². The van der Waals surface area contributed by atoms with Crippen LogP contribution in [0.4, 0.5) is 0 Å². The molecule has 0 nitrogen and oxygen atoms in total. The summed E-state index contributed by atoms with van der Waals surface area (Å²) in [5, 5.41) is 0. The van der Waals surface area contributed by atoms with Crippen LogP contribution in [0.3, 0.4) is 0 Å². The predicted molar refractivity (Wildman–Crippen MR) is 120 cm³/mol. The molecule has 1 aromatic rings. The van der Waals surface area contributed by atoms with Crippen molar-refractivity contribution >= 4 is 8.07 Å². The molecule has 0 fully saturated rings. The smallest absolute Gasteiger partial charge is 0.127 e. The van der Waals surface area contributed by atoms with Crippen molar-refractivity contribution in [1.82, 2.24) is 0 Å². The molecular formula is C25H38Si. The lowest BCUT2D eigenvalue weighted by Gasteiger charge is -2.12. The molecule has 0 amide bonds. The lowest BCUT2D eigenvalue weighted by molar-refractivity contribution is 0.662. The molecule has 0 aliphatic carbocycles. The van der Waals surface area contributed by atoms with Gasteiger partial charge >= 0.3 is 0 Å². The molecule has 0 bridgehead atoms. The summed E-state index contributed by atoms with van der Waals surface area (Å²) in [6, 6.07) is 4.57. The molecule has 0 radical (unpaired) electrons. The molecule has 0 aromatic heterocycles. The van der Waals surface area contributed by atoms with E-state index in [4.69, 9.17) is 6.42 Å². The van der Waals surface area contributed by atoms with E-state index in [-0.39, 0.29) is 0 Å². The quantitative estimate of drug-likeness (QED) is 0.234. The average Bonchev–Trinajstić information content (AvgIpc) is 2.60. The summed E-state index contributed by atoms with van der Waals surface area (Å²) < 4.78 is 0. The highest BCUT2D eigenvalue weighted by Gasteiger charge is 2.11. The maximum Gasteiger partial charge on any atom is 0.129 e. The van der Waals surface area contributed by atoms with Gasteiger partial charge < -0.3 is 0 Å². The summed E-state index contributed by atoms with van der Waals surface area (Å²) in [4.78, 5) is 0. The van der Waals surface area contributed by atoms with Crippen LogP contribution in [0.2, 0.25) is 19.6 Å². The topological polar surface area (TPSA) is 0 Å². The van der Waals surface area contributed by atoms with E-state index in [1.54, 1.807) is 0 Å². The monoisotopic (exact) mass is 366 g/mol. The van der Waals surface area contributed by atoms with Gasteiger partial charge in [-0.25, -0.2) is 0 Å². The normalized spacial score (nSPS) is 10.9. The fraction of sp³-hybridized carbons (Fsp3) is 0.600. The number of terminal acetylenes is 1. The van der Waals surface area contributed by atoms with Gasteiger partial charge in [0.15, 0.2) is 0 Å². The van der Waals surface area contributed by atoms with Crippen molar-refractivity contribution in [2.75, 3.05) is 0 Å². The van der Waals surface area contributed by atoms with E-state index in [1.807, 2.05) is 0 Å². The second-order valence-corrected chi connectivity index (χ2v) is 13.2. The molecule has 1 heteroatoms. The van der Waals surface area contributed by atoms with Crippen LogP contribution in [-0.2, 0) is 12.8 Å². The van der Waals surface area contributed by atoms with E-state index in [9.17, 15) is 0 Å².